The van der Waals surface area contributed by atoms with Gasteiger partial charge in [0, 0.05) is 19.0 Å². The number of hydrazine groups is 1. The molecule has 0 saturated heterocycles. The lowest BCUT2D eigenvalue weighted by Crippen LogP contribution is -2.39. The average Bonchev–Trinajstić information content (AvgIpc) is 3.16. The van der Waals surface area contributed by atoms with Crippen LogP contribution < -0.4 is 11.3 Å². The van der Waals surface area contributed by atoms with E-state index in [-0.39, 0.29) is 0 Å². The molecule has 3 N–H and O–H groups in total. The maximum Gasteiger partial charge on any atom is 0.0738 e. The molecule has 0 aromatic carbocycles. The molecule has 2 saturated carbocycles. The van der Waals surface area contributed by atoms with Gasteiger partial charge >= 0.3 is 0 Å². The molecule has 0 amide bonds. The fourth-order valence-electron chi connectivity index (χ4n) is 4.54. The van der Waals surface area contributed by atoms with Gasteiger partial charge in [0.1, 0.15) is 0 Å². The largest absolute Gasteiger partial charge is 0.271 e. The van der Waals surface area contributed by atoms with Gasteiger partial charge in [-0.3, -0.25) is 16.0 Å². The lowest BCUT2D eigenvalue weighted by atomic mass is 9.83. The third-order valence-electron chi connectivity index (χ3n) is 5.60. The molecule has 118 valence electrons. The standard InChI is InChI=1S/C16H27BrN4/c1-3-21-15(16(17)10(2)20-21)9-14(19-18)8-13-7-11-4-5-12(13)6-11/h11-14,19H,3-9,18H2,1-2H3. The molecule has 2 fully saturated rings. The van der Waals surface area contributed by atoms with Crippen LogP contribution in [0.4, 0.5) is 0 Å². The maximum atomic E-state index is 5.85. The van der Waals surface area contributed by atoms with E-state index in [2.05, 4.69) is 45.0 Å². The van der Waals surface area contributed by atoms with E-state index in [4.69, 9.17) is 5.84 Å². The number of rotatable bonds is 6. The Hall–Kier alpha value is -0.390. The van der Waals surface area contributed by atoms with Crippen molar-refractivity contribution < 1.29 is 0 Å². The number of fused-ring (bicyclic) bond motifs is 2. The smallest absolute Gasteiger partial charge is 0.0738 e. The SMILES string of the molecule is CCn1nc(C)c(Br)c1CC(CC1CC2CCC1C2)NN. The van der Waals surface area contributed by atoms with Crippen molar-refractivity contribution in [2.45, 2.75) is 65.0 Å². The van der Waals surface area contributed by atoms with Crippen LogP contribution in [0.3, 0.4) is 0 Å². The van der Waals surface area contributed by atoms with E-state index in [0.29, 0.717) is 6.04 Å². The normalized spacial score (nSPS) is 29.2. The van der Waals surface area contributed by atoms with Crippen LogP contribution in [0.1, 0.15) is 50.4 Å². The van der Waals surface area contributed by atoms with Crippen LogP contribution in [0.25, 0.3) is 0 Å². The van der Waals surface area contributed by atoms with Gasteiger partial charge in [0.15, 0.2) is 0 Å². The average molecular weight is 355 g/mol. The Morgan fingerprint density at radius 2 is 2.24 bits per heavy atom. The predicted octanol–water partition coefficient (Wildman–Crippen LogP) is 3.17. The van der Waals surface area contributed by atoms with Crippen LogP contribution in [-0.4, -0.2) is 15.8 Å². The fourth-order valence-corrected chi connectivity index (χ4v) is 4.98. The van der Waals surface area contributed by atoms with Crippen molar-refractivity contribution in [1.82, 2.24) is 15.2 Å². The van der Waals surface area contributed by atoms with Crippen LogP contribution in [0.5, 0.6) is 0 Å². The van der Waals surface area contributed by atoms with E-state index in [1.54, 1.807) is 0 Å². The van der Waals surface area contributed by atoms with E-state index < -0.39 is 0 Å². The molecule has 0 spiro atoms. The van der Waals surface area contributed by atoms with Gasteiger partial charge in [-0.25, -0.2) is 0 Å². The third kappa shape index (κ3) is 3.06. The first kappa shape index (κ1) is 15.5. The van der Waals surface area contributed by atoms with Crippen LogP contribution >= 0.6 is 15.9 Å². The van der Waals surface area contributed by atoms with Crippen molar-refractivity contribution in [2.75, 3.05) is 0 Å². The molecule has 1 aromatic heterocycles. The van der Waals surface area contributed by atoms with Gasteiger partial charge < -0.3 is 0 Å². The minimum atomic E-state index is 0.354. The van der Waals surface area contributed by atoms with Gasteiger partial charge in [-0.2, -0.15) is 5.10 Å². The topological polar surface area (TPSA) is 55.9 Å². The monoisotopic (exact) mass is 354 g/mol. The van der Waals surface area contributed by atoms with Crippen molar-refractivity contribution in [3.8, 4) is 0 Å². The summed E-state index contributed by atoms with van der Waals surface area (Å²) in [6, 6.07) is 0.354. The highest BCUT2D eigenvalue weighted by Crippen LogP contribution is 2.50. The number of halogens is 1. The van der Waals surface area contributed by atoms with Gasteiger partial charge in [-0.05, 0) is 73.2 Å². The van der Waals surface area contributed by atoms with E-state index in [0.717, 1.165) is 40.9 Å². The molecule has 21 heavy (non-hydrogen) atoms. The van der Waals surface area contributed by atoms with Crippen LogP contribution in [0.15, 0.2) is 4.47 Å². The van der Waals surface area contributed by atoms with E-state index in [9.17, 15) is 0 Å². The highest BCUT2D eigenvalue weighted by atomic mass is 79.9. The summed E-state index contributed by atoms with van der Waals surface area (Å²) >= 11 is 3.69. The maximum absolute atomic E-state index is 5.85. The number of nitrogens with two attached hydrogens (primary N) is 1. The lowest BCUT2D eigenvalue weighted by Gasteiger charge is -2.26. The summed E-state index contributed by atoms with van der Waals surface area (Å²) in [4.78, 5) is 0. The quantitative estimate of drug-likeness (QED) is 0.609. The van der Waals surface area contributed by atoms with Crippen molar-refractivity contribution in [3.05, 3.63) is 15.9 Å². The summed E-state index contributed by atoms with van der Waals surface area (Å²) in [6.07, 6.45) is 7.98. The summed E-state index contributed by atoms with van der Waals surface area (Å²) in [5, 5.41) is 4.59. The number of nitrogens with one attached hydrogen (secondary N) is 1. The minimum absolute atomic E-state index is 0.354. The highest BCUT2D eigenvalue weighted by molar-refractivity contribution is 9.10. The number of aryl methyl sites for hydroxylation is 2. The van der Waals surface area contributed by atoms with Crippen LogP contribution in [0, 0.1) is 24.7 Å². The zero-order chi connectivity index (χ0) is 15.0. The van der Waals surface area contributed by atoms with E-state index in [1.165, 1.54) is 37.8 Å². The van der Waals surface area contributed by atoms with Crippen LogP contribution in [-0.2, 0) is 13.0 Å². The first-order chi connectivity index (χ1) is 10.1. The van der Waals surface area contributed by atoms with Gasteiger partial charge in [0.25, 0.3) is 0 Å². The molecule has 4 unspecified atom stereocenters. The second kappa shape index (κ2) is 6.39. The molecular formula is C16H27BrN4. The van der Waals surface area contributed by atoms with Crippen molar-refractivity contribution in [2.24, 2.45) is 23.6 Å². The Bertz CT molecular complexity index is 499. The fraction of sp³-hybridized carbons (Fsp3) is 0.812. The molecule has 4 nitrogen and oxygen atoms in total. The summed E-state index contributed by atoms with van der Waals surface area (Å²) in [5.74, 6) is 8.70. The Labute approximate surface area is 135 Å². The predicted molar refractivity (Wildman–Crippen MR) is 88.7 cm³/mol. The number of aromatic nitrogens is 2. The van der Waals surface area contributed by atoms with Crippen molar-refractivity contribution >= 4 is 15.9 Å². The number of nitrogens with zero attached hydrogens (tertiary/aromatic N) is 2. The Balaban J connectivity index is 1.67. The van der Waals surface area contributed by atoms with Gasteiger partial charge in [0.2, 0.25) is 0 Å². The summed E-state index contributed by atoms with van der Waals surface area (Å²) in [5.41, 5.74) is 5.41. The molecule has 0 aliphatic heterocycles. The zero-order valence-electron chi connectivity index (χ0n) is 13.1. The summed E-state index contributed by atoms with van der Waals surface area (Å²) < 4.78 is 3.25. The molecule has 0 radical (unpaired) electrons. The molecule has 1 aromatic rings. The molecule has 2 aliphatic carbocycles. The lowest BCUT2D eigenvalue weighted by molar-refractivity contribution is 0.275. The van der Waals surface area contributed by atoms with Gasteiger partial charge in [0.05, 0.1) is 15.9 Å². The summed E-state index contributed by atoms with van der Waals surface area (Å²) in [7, 11) is 0. The molecule has 1 heterocycles. The van der Waals surface area contributed by atoms with E-state index in [1.807, 2.05) is 0 Å². The first-order valence-electron chi connectivity index (χ1n) is 8.30. The summed E-state index contributed by atoms with van der Waals surface area (Å²) in [6.45, 7) is 5.11. The Morgan fingerprint density at radius 3 is 2.81 bits per heavy atom. The Kier molecular flexibility index (Phi) is 4.71. The van der Waals surface area contributed by atoms with Gasteiger partial charge in [-0.1, -0.05) is 6.42 Å². The van der Waals surface area contributed by atoms with Crippen molar-refractivity contribution in [1.29, 1.82) is 0 Å². The minimum Gasteiger partial charge on any atom is -0.271 e. The van der Waals surface area contributed by atoms with E-state index >= 15 is 0 Å². The second-order valence-electron chi connectivity index (χ2n) is 6.90. The van der Waals surface area contributed by atoms with Gasteiger partial charge in [-0.15, -0.1) is 0 Å². The number of hydrogen-bond donors (Lipinski definition) is 2. The third-order valence-corrected chi connectivity index (χ3v) is 6.63. The second-order valence-corrected chi connectivity index (χ2v) is 7.69. The molecule has 2 aliphatic rings. The Morgan fingerprint density at radius 1 is 1.43 bits per heavy atom. The molecule has 3 rings (SSSR count). The first-order valence-corrected chi connectivity index (χ1v) is 9.09. The zero-order valence-corrected chi connectivity index (χ0v) is 14.7. The van der Waals surface area contributed by atoms with Crippen molar-refractivity contribution in [3.63, 3.8) is 0 Å². The molecule has 5 heteroatoms. The highest BCUT2D eigenvalue weighted by Gasteiger charge is 2.40. The van der Waals surface area contributed by atoms with Crippen LogP contribution in [0.2, 0.25) is 0 Å². The molecular weight excluding hydrogens is 328 g/mol. The molecule has 2 bridgehead atoms. The number of hydrogen-bond acceptors (Lipinski definition) is 3. The molecule has 4 atom stereocenters.